The van der Waals surface area contributed by atoms with Crippen LogP contribution in [0.15, 0.2) is 36.5 Å². The number of aryl methyl sites for hydroxylation is 1. The lowest BCUT2D eigenvalue weighted by molar-refractivity contribution is 0.323. The van der Waals surface area contributed by atoms with E-state index >= 15 is 0 Å². The number of hydrogen-bond acceptors (Lipinski definition) is 5. The predicted octanol–water partition coefficient (Wildman–Crippen LogP) is 3.87. The van der Waals surface area contributed by atoms with Crippen molar-refractivity contribution in [3.8, 4) is 0 Å². The van der Waals surface area contributed by atoms with E-state index in [1.165, 1.54) is 36.8 Å². The van der Waals surface area contributed by atoms with E-state index in [-0.39, 0.29) is 0 Å². The quantitative estimate of drug-likeness (QED) is 0.742. The molecule has 146 valence electrons. The molecule has 0 atom stereocenters. The SMILES string of the molecule is CCc1ccccc1CNCC1CCC(Nc2nccc(N(C)C)n2)CC1. The third kappa shape index (κ3) is 5.67. The Balaban J connectivity index is 1.41. The molecule has 0 radical (unpaired) electrons. The lowest BCUT2D eigenvalue weighted by atomic mass is 9.86. The van der Waals surface area contributed by atoms with Gasteiger partial charge in [-0.1, -0.05) is 31.2 Å². The van der Waals surface area contributed by atoms with Crippen LogP contribution in [-0.2, 0) is 13.0 Å². The summed E-state index contributed by atoms with van der Waals surface area (Å²) in [5, 5.41) is 7.20. The summed E-state index contributed by atoms with van der Waals surface area (Å²) < 4.78 is 0. The first kappa shape index (κ1) is 19.6. The van der Waals surface area contributed by atoms with Crippen LogP contribution < -0.4 is 15.5 Å². The Hall–Kier alpha value is -2.14. The van der Waals surface area contributed by atoms with E-state index in [4.69, 9.17) is 0 Å². The Kier molecular flexibility index (Phi) is 7.04. The zero-order valence-electron chi connectivity index (χ0n) is 16.9. The molecule has 2 aromatic rings. The maximum absolute atomic E-state index is 4.58. The van der Waals surface area contributed by atoms with E-state index in [0.29, 0.717) is 6.04 Å². The molecule has 0 spiro atoms. The molecule has 1 saturated carbocycles. The summed E-state index contributed by atoms with van der Waals surface area (Å²) in [5.41, 5.74) is 2.89. The monoisotopic (exact) mass is 367 g/mol. The number of anilines is 2. The highest BCUT2D eigenvalue weighted by Gasteiger charge is 2.21. The summed E-state index contributed by atoms with van der Waals surface area (Å²) in [6, 6.07) is 11.2. The van der Waals surface area contributed by atoms with Crippen molar-refractivity contribution in [2.45, 2.75) is 51.6 Å². The molecule has 2 N–H and O–H groups in total. The van der Waals surface area contributed by atoms with Crippen LogP contribution in [0.3, 0.4) is 0 Å². The molecule has 0 bridgehead atoms. The van der Waals surface area contributed by atoms with Crippen molar-refractivity contribution in [1.29, 1.82) is 0 Å². The van der Waals surface area contributed by atoms with E-state index in [0.717, 1.165) is 37.2 Å². The summed E-state index contributed by atoms with van der Waals surface area (Å²) in [5.74, 6) is 2.46. The highest BCUT2D eigenvalue weighted by atomic mass is 15.2. The summed E-state index contributed by atoms with van der Waals surface area (Å²) in [4.78, 5) is 11.0. The molecule has 3 rings (SSSR count). The zero-order chi connectivity index (χ0) is 19.1. The van der Waals surface area contributed by atoms with Crippen LogP contribution in [0.25, 0.3) is 0 Å². The molecular weight excluding hydrogens is 334 g/mol. The van der Waals surface area contributed by atoms with Gasteiger partial charge in [-0.2, -0.15) is 4.98 Å². The van der Waals surface area contributed by atoms with Crippen molar-refractivity contribution in [3.05, 3.63) is 47.7 Å². The lowest BCUT2D eigenvalue weighted by Crippen LogP contribution is -2.31. The van der Waals surface area contributed by atoms with Gasteiger partial charge in [0.15, 0.2) is 0 Å². The smallest absolute Gasteiger partial charge is 0.224 e. The van der Waals surface area contributed by atoms with Gasteiger partial charge in [0.1, 0.15) is 5.82 Å². The minimum absolute atomic E-state index is 0.486. The number of hydrogen-bond donors (Lipinski definition) is 2. The van der Waals surface area contributed by atoms with E-state index in [2.05, 4.69) is 51.8 Å². The molecule has 1 heterocycles. The van der Waals surface area contributed by atoms with Crippen LogP contribution in [0.4, 0.5) is 11.8 Å². The first-order chi connectivity index (χ1) is 13.2. The summed E-state index contributed by atoms with van der Waals surface area (Å²) in [6.07, 6.45) is 7.82. The Morgan fingerprint density at radius 3 is 2.48 bits per heavy atom. The van der Waals surface area contributed by atoms with Crippen molar-refractivity contribution in [2.75, 3.05) is 30.9 Å². The fourth-order valence-corrected chi connectivity index (χ4v) is 3.85. The van der Waals surface area contributed by atoms with Crippen molar-refractivity contribution in [3.63, 3.8) is 0 Å². The highest BCUT2D eigenvalue weighted by Crippen LogP contribution is 2.26. The van der Waals surface area contributed by atoms with Crippen molar-refractivity contribution in [1.82, 2.24) is 15.3 Å². The number of nitrogens with zero attached hydrogens (tertiary/aromatic N) is 3. The van der Waals surface area contributed by atoms with Gasteiger partial charge in [0, 0.05) is 32.9 Å². The molecule has 5 nitrogen and oxygen atoms in total. The summed E-state index contributed by atoms with van der Waals surface area (Å²) in [6.45, 7) is 4.32. The number of aromatic nitrogens is 2. The lowest BCUT2D eigenvalue weighted by Gasteiger charge is -2.29. The van der Waals surface area contributed by atoms with Crippen molar-refractivity contribution in [2.24, 2.45) is 5.92 Å². The van der Waals surface area contributed by atoms with Gasteiger partial charge in [-0.25, -0.2) is 4.98 Å². The fraction of sp³-hybridized carbons (Fsp3) is 0.545. The second kappa shape index (κ2) is 9.70. The average molecular weight is 368 g/mol. The van der Waals surface area contributed by atoms with E-state index in [1.807, 2.05) is 31.3 Å². The topological polar surface area (TPSA) is 53.1 Å². The van der Waals surface area contributed by atoms with Gasteiger partial charge >= 0.3 is 0 Å². The minimum Gasteiger partial charge on any atom is -0.363 e. The predicted molar refractivity (Wildman–Crippen MR) is 113 cm³/mol. The van der Waals surface area contributed by atoms with Crippen LogP contribution in [-0.4, -0.2) is 36.6 Å². The summed E-state index contributed by atoms with van der Waals surface area (Å²) in [7, 11) is 4.01. The number of nitrogens with one attached hydrogen (secondary N) is 2. The molecular formula is C22H33N5. The first-order valence-corrected chi connectivity index (χ1v) is 10.2. The fourth-order valence-electron chi connectivity index (χ4n) is 3.85. The van der Waals surface area contributed by atoms with Crippen molar-refractivity contribution >= 4 is 11.8 Å². The van der Waals surface area contributed by atoms with Gasteiger partial charge in [0.05, 0.1) is 0 Å². The molecule has 0 amide bonds. The Morgan fingerprint density at radius 1 is 1.04 bits per heavy atom. The van der Waals surface area contributed by atoms with Gasteiger partial charge in [-0.15, -0.1) is 0 Å². The number of benzene rings is 1. The van der Waals surface area contributed by atoms with Gasteiger partial charge in [0.25, 0.3) is 0 Å². The molecule has 1 aromatic heterocycles. The largest absolute Gasteiger partial charge is 0.363 e. The van der Waals surface area contributed by atoms with Crippen LogP contribution in [0.1, 0.15) is 43.7 Å². The molecule has 27 heavy (non-hydrogen) atoms. The molecule has 0 saturated heterocycles. The van der Waals surface area contributed by atoms with Crippen molar-refractivity contribution < 1.29 is 0 Å². The number of rotatable bonds is 8. The Morgan fingerprint density at radius 2 is 1.78 bits per heavy atom. The molecule has 1 fully saturated rings. The third-order valence-electron chi connectivity index (χ3n) is 5.53. The van der Waals surface area contributed by atoms with Crippen LogP contribution in [0.5, 0.6) is 0 Å². The van der Waals surface area contributed by atoms with E-state index in [9.17, 15) is 0 Å². The van der Waals surface area contributed by atoms with Crippen LogP contribution in [0.2, 0.25) is 0 Å². The normalized spacial score (nSPS) is 19.7. The molecule has 1 aliphatic rings. The Labute approximate surface area is 163 Å². The summed E-state index contributed by atoms with van der Waals surface area (Å²) >= 11 is 0. The minimum atomic E-state index is 0.486. The Bertz CT molecular complexity index is 707. The molecule has 1 aliphatic carbocycles. The van der Waals surface area contributed by atoms with E-state index < -0.39 is 0 Å². The maximum atomic E-state index is 4.58. The third-order valence-corrected chi connectivity index (χ3v) is 5.53. The standard InChI is InChI=1S/C22H33N5/c1-4-18-7-5-6-8-19(18)16-23-15-17-9-11-20(12-10-17)25-22-24-14-13-21(26-22)27(2)3/h5-8,13-14,17,20,23H,4,9-12,15-16H2,1-3H3,(H,24,25,26). The van der Waals surface area contributed by atoms with E-state index in [1.54, 1.807) is 0 Å². The van der Waals surface area contributed by atoms with Gasteiger partial charge in [-0.05, 0) is 61.8 Å². The second-order valence-electron chi connectivity index (χ2n) is 7.75. The van der Waals surface area contributed by atoms with Gasteiger partial charge in [0.2, 0.25) is 5.95 Å². The van der Waals surface area contributed by atoms with Crippen LogP contribution >= 0.6 is 0 Å². The molecule has 1 aromatic carbocycles. The second-order valence-corrected chi connectivity index (χ2v) is 7.75. The average Bonchev–Trinajstić information content (AvgIpc) is 2.70. The van der Waals surface area contributed by atoms with Crippen LogP contribution in [0, 0.1) is 5.92 Å². The molecule has 5 heteroatoms. The first-order valence-electron chi connectivity index (χ1n) is 10.2. The maximum Gasteiger partial charge on any atom is 0.224 e. The van der Waals surface area contributed by atoms with Gasteiger partial charge < -0.3 is 15.5 Å². The highest BCUT2D eigenvalue weighted by molar-refractivity contribution is 5.41. The molecule has 0 aliphatic heterocycles. The molecule has 0 unspecified atom stereocenters. The zero-order valence-corrected chi connectivity index (χ0v) is 16.9. The van der Waals surface area contributed by atoms with Gasteiger partial charge in [-0.3, -0.25) is 0 Å².